The van der Waals surface area contributed by atoms with E-state index in [4.69, 9.17) is 4.74 Å². The molecule has 1 aromatic carbocycles. The van der Waals surface area contributed by atoms with E-state index in [0.29, 0.717) is 36.2 Å². The zero-order chi connectivity index (χ0) is 18.8. The SMILES string of the molecule is COc1ccc(NC(=O)c2nnc(CN3[C@H]4CC[C@H]3CC(=O)NC4)s2)cc1. The zero-order valence-corrected chi connectivity index (χ0v) is 15.8. The summed E-state index contributed by atoms with van der Waals surface area (Å²) >= 11 is 1.30. The highest BCUT2D eigenvalue weighted by Crippen LogP contribution is 2.30. The van der Waals surface area contributed by atoms with Gasteiger partial charge in [0.2, 0.25) is 10.9 Å². The first-order chi connectivity index (χ1) is 13.1. The lowest BCUT2D eigenvalue weighted by atomic mass is 10.1. The monoisotopic (exact) mass is 387 g/mol. The molecule has 2 saturated heterocycles. The van der Waals surface area contributed by atoms with Crippen molar-refractivity contribution in [3.63, 3.8) is 0 Å². The van der Waals surface area contributed by atoms with Crippen LogP contribution in [0.25, 0.3) is 0 Å². The van der Waals surface area contributed by atoms with Crippen molar-refractivity contribution in [3.8, 4) is 5.75 Å². The molecular weight excluding hydrogens is 366 g/mol. The van der Waals surface area contributed by atoms with E-state index >= 15 is 0 Å². The van der Waals surface area contributed by atoms with Crippen LogP contribution < -0.4 is 15.4 Å². The van der Waals surface area contributed by atoms with E-state index in [9.17, 15) is 9.59 Å². The van der Waals surface area contributed by atoms with Crippen molar-refractivity contribution < 1.29 is 14.3 Å². The molecule has 2 fully saturated rings. The molecule has 2 amide bonds. The Hall–Kier alpha value is -2.52. The van der Waals surface area contributed by atoms with Gasteiger partial charge in [0, 0.05) is 30.7 Å². The van der Waals surface area contributed by atoms with E-state index in [1.165, 1.54) is 11.3 Å². The molecule has 2 atom stereocenters. The van der Waals surface area contributed by atoms with Crippen LogP contribution in [0, 0.1) is 0 Å². The van der Waals surface area contributed by atoms with Crippen LogP contribution in [0.15, 0.2) is 24.3 Å². The average molecular weight is 387 g/mol. The Labute approximate surface area is 160 Å². The maximum Gasteiger partial charge on any atom is 0.286 e. The van der Waals surface area contributed by atoms with Gasteiger partial charge in [-0.15, -0.1) is 10.2 Å². The number of amides is 2. The van der Waals surface area contributed by atoms with Crippen LogP contribution in [-0.4, -0.2) is 52.6 Å². The quantitative estimate of drug-likeness (QED) is 0.810. The van der Waals surface area contributed by atoms with Crippen molar-refractivity contribution in [2.24, 2.45) is 0 Å². The number of benzene rings is 1. The molecule has 2 aliphatic heterocycles. The number of methoxy groups -OCH3 is 1. The van der Waals surface area contributed by atoms with Gasteiger partial charge in [-0.2, -0.15) is 0 Å². The molecule has 0 unspecified atom stereocenters. The molecule has 1 aromatic heterocycles. The maximum atomic E-state index is 12.4. The third-order valence-corrected chi connectivity index (χ3v) is 5.96. The summed E-state index contributed by atoms with van der Waals surface area (Å²) in [5.41, 5.74) is 0.674. The van der Waals surface area contributed by atoms with E-state index < -0.39 is 0 Å². The van der Waals surface area contributed by atoms with Crippen molar-refractivity contribution in [1.82, 2.24) is 20.4 Å². The van der Waals surface area contributed by atoms with Crippen molar-refractivity contribution in [1.29, 1.82) is 0 Å². The lowest BCUT2D eigenvalue weighted by Gasteiger charge is -2.25. The summed E-state index contributed by atoms with van der Waals surface area (Å²) < 4.78 is 5.11. The minimum Gasteiger partial charge on any atom is -0.497 e. The van der Waals surface area contributed by atoms with Crippen LogP contribution in [0.2, 0.25) is 0 Å². The minimum absolute atomic E-state index is 0.115. The predicted molar refractivity (Wildman–Crippen MR) is 101 cm³/mol. The Morgan fingerprint density at radius 1 is 1.30 bits per heavy atom. The molecule has 2 N–H and O–H groups in total. The Balaban J connectivity index is 1.40. The molecule has 4 rings (SSSR count). The Morgan fingerprint density at radius 3 is 2.85 bits per heavy atom. The number of nitrogens with one attached hydrogen (secondary N) is 2. The number of ether oxygens (including phenoxy) is 1. The fourth-order valence-corrected chi connectivity index (χ4v) is 4.40. The molecule has 0 spiro atoms. The highest BCUT2D eigenvalue weighted by Gasteiger charge is 2.37. The molecule has 2 aromatic rings. The van der Waals surface area contributed by atoms with Crippen LogP contribution in [0.3, 0.4) is 0 Å². The van der Waals surface area contributed by atoms with Crippen molar-refractivity contribution in [2.75, 3.05) is 19.0 Å². The summed E-state index contributed by atoms with van der Waals surface area (Å²) in [4.78, 5) is 26.5. The highest BCUT2D eigenvalue weighted by molar-refractivity contribution is 7.13. The van der Waals surface area contributed by atoms with Gasteiger partial charge >= 0.3 is 0 Å². The largest absolute Gasteiger partial charge is 0.497 e. The summed E-state index contributed by atoms with van der Waals surface area (Å²) in [5.74, 6) is 0.565. The molecule has 142 valence electrons. The van der Waals surface area contributed by atoms with E-state index in [-0.39, 0.29) is 17.9 Å². The number of hydrogen-bond donors (Lipinski definition) is 2. The first kappa shape index (κ1) is 17.9. The second kappa shape index (κ2) is 7.61. The van der Waals surface area contributed by atoms with Crippen LogP contribution in [-0.2, 0) is 11.3 Å². The third kappa shape index (κ3) is 3.93. The van der Waals surface area contributed by atoms with Gasteiger partial charge in [0.1, 0.15) is 10.8 Å². The molecular formula is C18H21N5O3S. The van der Waals surface area contributed by atoms with Crippen molar-refractivity contribution in [3.05, 3.63) is 34.3 Å². The molecule has 27 heavy (non-hydrogen) atoms. The highest BCUT2D eigenvalue weighted by atomic mass is 32.1. The summed E-state index contributed by atoms with van der Waals surface area (Å²) in [6, 6.07) is 7.70. The van der Waals surface area contributed by atoms with Gasteiger partial charge in [-0.1, -0.05) is 11.3 Å². The topological polar surface area (TPSA) is 96.4 Å². The third-order valence-electron chi connectivity index (χ3n) is 5.05. The first-order valence-electron chi connectivity index (χ1n) is 8.92. The van der Waals surface area contributed by atoms with Gasteiger partial charge < -0.3 is 15.4 Å². The van der Waals surface area contributed by atoms with Gasteiger partial charge in [-0.25, -0.2) is 0 Å². The van der Waals surface area contributed by atoms with E-state index in [2.05, 4.69) is 25.7 Å². The Morgan fingerprint density at radius 2 is 2.07 bits per heavy atom. The molecule has 0 saturated carbocycles. The van der Waals surface area contributed by atoms with Gasteiger partial charge in [0.05, 0.1) is 13.7 Å². The van der Waals surface area contributed by atoms with Crippen molar-refractivity contribution in [2.45, 2.75) is 37.9 Å². The smallest absolute Gasteiger partial charge is 0.286 e. The Bertz CT molecular complexity index is 838. The minimum atomic E-state index is -0.278. The molecule has 3 heterocycles. The van der Waals surface area contributed by atoms with Gasteiger partial charge in [-0.3, -0.25) is 14.5 Å². The maximum absolute atomic E-state index is 12.4. The summed E-state index contributed by atoms with van der Waals surface area (Å²) in [6.45, 7) is 1.30. The molecule has 8 nitrogen and oxygen atoms in total. The number of aromatic nitrogens is 2. The Kier molecular flexibility index (Phi) is 5.04. The number of carbonyl (C=O) groups excluding carboxylic acids is 2. The van der Waals surface area contributed by atoms with E-state index in [1.54, 1.807) is 31.4 Å². The molecule has 9 heteroatoms. The number of rotatable bonds is 5. The molecule has 0 radical (unpaired) electrons. The number of nitrogens with zero attached hydrogens (tertiary/aromatic N) is 3. The normalized spacial score (nSPS) is 22.2. The summed E-state index contributed by atoms with van der Waals surface area (Å²) in [7, 11) is 1.60. The molecule has 2 bridgehead atoms. The van der Waals surface area contributed by atoms with Gasteiger partial charge in [-0.05, 0) is 37.1 Å². The zero-order valence-electron chi connectivity index (χ0n) is 15.0. The fraction of sp³-hybridized carbons (Fsp3) is 0.444. The summed E-state index contributed by atoms with van der Waals surface area (Å²) in [6.07, 6.45) is 2.64. The van der Waals surface area contributed by atoms with Crippen LogP contribution in [0.1, 0.15) is 34.1 Å². The second-order valence-corrected chi connectivity index (χ2v) is 7.81. The molecule has 0 aliphatic carbocycles. The number of anilines is 1. The second-order valence-electron chi connectivity index (χ2n) is 6.75. The average Bonchev–Trinajstić information content (AvgIpc) is 3.24. The van der Waals surface area contributed by atoms with E-state index in [1.807, 2.05) is 0 Å². The number of carbonyl (C=O) groups is 2. The lowest BCUT2D eigenvalue weighted by Crippen LogP contribution is -2.37. The van der Waals surface area contributed by atoms with Gasteiger partial charge in [0.25, 0.3) is 5.91 Å². The van der Waals surface area contributed by atoms with Crippen LogP contribution >= 0.6 is 11.3 Å². The lowest BCUT2D eigenvalue weighted by molar-refractivity contribution is -0.121. The molecule has 2 aliphatic rings. The van der Waals surface area contributed by atoms with Crippen LogP contribution in [0.5, 0.6) is 5.75 Å². The fourth-order valence-electron chi connectivity index (χ4n) is 3.65. The number of hydrogen-bond acceptors (Lipinski definition) is 7. The summed E-state index contributed by atoms with van der Waals surface area (Å²) in [5, 5.41) is 15.1. The van der Waals surface area contributed by atoms with Crippen LogP contribution in [0.4, 0.5) is 5.69 Å². The van der Waals surface area contributed by atoms with Crippen molar-refractivity contribution >= 4 is 28.8 Å². The first-order valence-corrected chi connectivity index (χ1v) is 9.74. The van der Waals surface area contributed by atoms with E-state index in [0.717, 1.165) is 23.6 Å². The standard InChI is InChI=1S/C18H21N5O3S/c1-26-14-6-2-11(3-7-14)20-17(25)18-22-21-16(27-18)10-23-12-4-5-13(23)9-19-15(24)8-12/h2-3,6-7,12-13H,4-5,8-10H2,1H3,(H,19,24)(H,20,25)/t12-,13-/m0/s1. The van der Waals surface area contributed by atoms with Gasteiger partial charge in [0.15, 0.2) is 0 Å². The predicted octanol–water partition coefficient (Wildman–Crippen LogP) is 1.65. The number of fused-ring (bicyclic) bond motifs is 2.